The van der Waals surface area contributed by atoms with Crippen LogP contribution in [-0.2, 0) is 9.53 Å². The third kappa shape index (κ3) is 4.46. The van der Waals surface area contributed by atoms with E-state index in [-0.39, 0.29) is 11.4 Å². The molecular formula is C23H29NO2. The number of hydrogen-bond acceptors (Lipinski definition) is 3. The van der Waals surface area contributed by atoms with E-state index in [0.717, 1.165) is 24.3 Å². The summed E-state index contributed by atoms with van der Waals surface area (Å²) in [5.74, 6) is 0.424. The Bertz CT molecular complexity index is 696. The zero-order chi connectivity index (χ0) is 18.8. The maximum Gasteiger partial charge on any atom is 0.306 e. The average Bonchev–Trinajstić information content (AvgIpc) is 3.21. The van der Waals surface area contributed by atoms with E-state index in [9.17, 15) is 4.79 Å². The number of rotatable bonds is 6. The Morgan fingerprint density at radius 3 is 1.88 bits per heavy atom. The van der Waals surface area contributed by atoms with Crippen molar-refractivity contribution in [2.75, 3.05) is 11.4 Å². The summed E-state index contributed by atoms with van der Waals surface area (Å²) in [5, 5.41) is 0. The molecular weight excluding hydrogens is 322 g/mol. The summed E-state index contributed by atoms with van der Waals surface area (Å²) in [6.45, 7) is 8.83. The number of nitrogens with zero attached hydrogens (tertiary/aromatic N) is 1. The Balaban J connectivity index is 1.83. The number of benzene rings is 2. The smallest absolute Gasteiger partial charge is 0.306 e. The van der Waals surface area contributed by atoms with Crippen molar-refractivity contribution in [3.05, 3.63) is 60.7 Å². The summed E-state index contributed by atoms with van der Waals surface area (Å²) in [6, 6.07) is 20.8. The van der Waals surface area contributed by atoms with Gasteiger partial charge in [-0.15, -0.1) is 0 Å². The molecule has 26 heavy (non-hydrogen) atoms. The fourth-order valence-electron chi connectivity index (χ4n) is 3.60. The number of carbonyl (C=O) groups is 1. The standard InChI is InChI=1S/C23H29NO2/c1-18-15-23(18,16-21(25)26-22(2,3)4)17-24(19-11-7-5-8-12-19)20-13-9-6-10-14-20/h5-14,18H,15-17H2,1-4H3/t18-,23-/m1/s1. The molecule has 2 aromatic rings. The lowest BCUT2D eigenvalue weighted by Crippen LogP contribution is -2.32. The molecule has 0 aromatic heterocycles. The molecule has 3 rings (SSSR count). The molecule has 0 saturated heterocycles. The van der Waals surface area contributed by atoms with E-state index in [0.29, 0.717) is 12.3 Å². The van der Waals surface area contributed by atoms with E-state index in [1.807, 2.05) is 32.9 Å². The summed E-state index contributed by atoms with van der Waals surface area (Å²) < 4.78 is 5.60. The van der Waals surface area contributed by atoms with E-state index < -0.39 is 5.60 Å². The predicted octanol–water partition coefficient (Wildman–Crippen LogP) is 5.58. The van der Waals surface area contributed by atoms with Crippen LogP contribution in [0.5, 0.6) is 0 Å². The van der Waals surface area contributed by atoms with Crippen molar-refractivity contribution < 1.29 is 9.53 Å². The summed E-state index contributed by atoms with van der Waals surface area (Å²) in [4.78, 5) is 14.8. The van der Waals surface area contributed by atoms with Crippen molar-refractivity contribution >= 4 is 17.3 Å². The minimum absolute atomic E-state index is 0.0198. The SMILES string of the molecule is C[C@@H]1C[C@@]1(CC(=O)OC(C)(C)C)CN(c1ccccc1)c1ccccc1. The van der Waals surface area contributed by atoms with Gasteiger partial charge in [0.2, 0.25) is 0 Å². The first-order chi connectivity index (χ1) is 12.3. The van der Waals surface area contributed by atoms with E-state index >= 15 is 0 Å². The normalized spacial score (nSPS) is 21.9. The van der Waals surface area contributed by atoms with E-state index in [4.69, 9.17) is 4.74 Å². The second-order valence-corrected chi connectivity index (χ2v) is 8.49. The highest BCUT2D eigenvalue weighted by Crippen LogP contribution is 2.56. The van der Waals surface area contributed by atoms with Gasteiger partial charge in [-0.3, -0.25) is 4.79 Å². The van der Waals surface area contributed by atoms with Gasteiger partial charge in [-0.1, -0.05) is 43.3 Å². The highest BCUT2D eigenvalue weighted by atomic mass is 16.6. The lowest BCUT2D eigenvalue weighted by molar-refractivity contribution is -0.156. The van der Waals surface area contributed by atoms with Crippen LogP contribution < -0.4 is 4.90 Å². The van der Waals surface area contributed by atoms with Crippen molar-refractivity contribution in [2.24, 2.45) is 11.3 Å². The lowest BCUT2D eigenvalue weighted by Gasteiger charge is -2.31. The Labute approximate surface area is 157 Å². The summed E-state index contributed by atoms with van der Waals surface area (Å²) >= 11 is 0. The molecule has 2 atom stereocenters. The molecule has 1 aliphatic rings. The first-order valence-corrected chi connectivity index (χ1v) is 9.39. The number of para-hydroxylation sites is 2. The molecule has 0 N–H and O–H groups in total. The molecule has 3 heteroatoms. The van der Waals surface area contributed by atoms with Gasteiger partial charge in [-0.25, -0.2) is 0 Å². The van der Waals surface area contributed by atoms with E-state index in [1.165, 1.54) is 0 Å². The van der Waals surface area contributed by atoms with Gasteiger partial charge in [0.05, 0.1) is 6.42 Å². The molecule has 0 unspecified atom stereocenters. The molecule has 138 valence electrons. The maximum atomic E-state index is 12.5. The van der Waals surface area contributed by atoms with Gasteiger partial charge in [0.15, 0.2) is 0 Å². The molecule has 0 radical (unpaired) electrons. The molecule has 0 spiro atoms. The van der Waals surface area contributed by atoms with Crippen LogP contribution in [0.15, 0.2) is 60.7 Å². The van der Waals surface area contributed by atoms with Gasteiger partial charge >= 0.3 is 5.97 Å². The molecule has 0 heterocycles. The summed E-state index contributed by atoms with van der Waals surface area (Å²) in [6.07, 6.45) is 1.53. The topological polar surface area (TPSA) is 29.5 Å². The third-order valence-electron chi connectivity index (χ3n) is 5.12. The molecule has 1 saturated carbocycles. The Morgan fingerprint density at radius 1 is 1.04 bits per heavy atom. The largest absolute Gasteiger partial charge is 0.460 e. The Hall–Kier alpha value is -2.29. The zero-order valence-electron chi connectivity index (χ0n) is 16.2. The van der Waals surface area contributed by atoms with Crippen LogP contribution in [0.25, 0.3) is 0 Å². The zero-order valence-corrected chi connectivity index (χ0v) is 16.2. The number of anilines is 2. The van der Waals surface area contributed by atoms with Crippen LogP contribution in [-0.4, -0.2) is 18.1 Å². The minimum atomic E-state index is -0.436. The summed E-state index contributed by atoms with van der Waals surface area (Å²) in [7, 11) is 0. The quantitative estimate of drug-likeness (QED) is 0.636. The van der Waals surface area contributed by atoms with E-state index in [1.54, 1.807) is 0 Å². The molecule has 3 nitrogen and oxygen atoms in total. The van der Waals surface area contributed by atoms with E-state index in [2.05, 4.69) is 60.4 Å². The number of esters is 1. The first kappa shape index (κ1) is 18.5. The van der Waals surface area contributed by atoms with Gasteiger partial charge in [0.1, 0.15) is 5.60 Å². The molecule has 2 aromatic carbocycles. The fourth-order valence-corrected chi connectivity index (χ4v) is 3.60. The van der Waals surface area contributed by atoms with Crippen molar-refractivity contribution in [3.8, 4) is 0 Å². The third-order valence-corrected chi connectivity index (χ3v) is 5.12. The van der Waals surface area contributed by atoms with Crippen LogP contribution in [0.4, 0.5) is 11.4 Å². The molecule has 0 amide bonds. The molecule has 1 aliphatic carbocycles. The van der Waals surface area contributed by atoms with Crippen molar-refractivity contribution in [1.29, 1.82) is 0 Å². The second kappa shape index (κ2) is 7.14. The maximum absolute atomic E-state index is 12.5. The monoisotopic (exact) mass is 351 g/mol. The second-order valence-electron chi connectivity index (χ2n) is 8.49. The van der Waals surface area contributed by atoms with Gasteiger partial charge in [-0.2, -0.15) is 0 Å². The average molecular weight is 351 g/mol. The van der Waals surface area contributed by atoms with Crippen LogP contribution in [0.3, 0.4) is 0 Å². The molecule has 0 aliphatic heterocycles. The molecule has 1 fully saturated rings. The van der Waals surface area contributed by atoms with Crippen molar-refractivity contribution in [2.45, 2.75) is 46.1 Å². The first-order valence-electron chi connectivity index (χ1n) is 9.39. The van der Waals surface area contributed by atoms with Crippen LogP contribution >= 0.6 is 0 Å². The van der Waals surface area contributed by atoms with Gasteiger partial charge in [-0.05, 0) is 57.4 Å². The van der Waals surface area contributed by atoms with Gasteiger partial charge < -0.3 is 9.64 Å². The molecule has 0 bridgehead atoms. The van der Waals surface area contributed by atoms with Crippen LogP contribution in [0, 0.1) is 11.3 Å². The van der Waals surface area contributed by atoms with Crippen molar-refractivity contribution in [1.82, 2.24) is 0 Å². The fraction of sp³-hybridized carbons (Fsp3) is 0.435. The van der Waals surface area contributed by atoms with Crippen LogP contribution in [0.1, 0.15) is 40.5 Å². The highest BCUT2D eigenvalue weighted by Gasteiger charge is 2.53. The Kier molecular flexibility index (Phi) is 5.08. The van der Waals surface area contributed by atoms with Crippen molar-refractivity contribution in [3.63, 3.8) is 0 Å². The highest BCUT2D eigenvalue weighted by molar-refractivity contribution is 5.72. The number of carbonyl (C=O) groups excluding carboxylic acids is 1. The van der Waals surface area contributed by atoms with Crippen LogP contribution in [0.2, 0.25) is 0 Å². The number of hydrogen-bond donors (Lipinski definition) is 0. The lowest BCUT2D eigenvalue weighted by atomic mass is 9.97. The Morgan fingerprint density at radius 2 is 1.50 bits per heavy atom. The predicted molar refractivity (Wildman–Crippen MR) is 107 cm³/mol. The van der Waals surface area contributed by atoms with Gasteiger partial charge in [0.25, 0.3) is 0 Å². The minimum Gasteiger partial charge on any atom is -0.460 e. The van der Waals surface area contributed by atoms with Gasteiger partial charge in [0, 0.05) is 23.3 Å². The number of ether oxygens (including phenoxy) is 1. The summed E-state index contributed by atoms with van der Waals surface area (Å²) in [5.41, 5.74) is 1.85.